The normalized spacial score (nSPS) is 15.7. The van der Waals surface area contributed by atoms with Crippen molar-refractivity contribution in [2.45, 2.75) is 38.0 Å². The molecule has 0 radical (unpaired) electrons. The number of hydrogen-bond acceptors (Lipinski definition) is 3. The molecule has 2 rings (SSSR count). The summed E-state index contributed by atoms with van der Waals surface area (Å²) in [7, 11) is 0. The van der Waals surface area contributed by atoms with Crippen molar-refractivity contribution in [2.24, 2.45) is 0 Å². The Morgan fingerprint density at radius 3 is 2.35 bits per heavy atom. The molecule has 0 aliphatic heterocycles. The molecule has 0 bridgehead atoms. The van der Waals surface area contributed by atoms with E-state index >= 15 is 0 Å². The minimum Gasteiger partial charge on any atom is -0.374 e. The van der Waals surface area contributed by atoms with E-state index in [9.17, 15) is 22.8 Å². The molecule has 1 aliphatic carbocycles. The molecule has 1 unspecified atom stereocenters. The minimum absolute atomic E-state index is 0.157. The fraction of sp³-hybridized carbons (Fsp3) is 0.467. The van der Waals surface area contributed by atoms with E-state index in [2.05, 4.69) is 10.6 Å². The Balaban J connectivity index is 1.84. The quantitative estimate of drug-likeness (QED) is 0.748. The highest BCUT2D eigenvalue weighted by molar-refractivity contribution is 5.95. The second kappa shape index (κ2) is 6.89. The highest BCUT2D eigenvalue weighted by Gasteiger charge is 2.28. The monoisotopic (exact) mass is 329 g/mol. The van der Waals surface area contributed by atoms with Crippen LogP contribution < -0.4 is 16.0 Å². The van der Waals surface area contributed by atoms with Gasteiger partial charge in [-0.05, 0) is 44.0 Å². The first-order valence-corrected chi connectivity index (χ1v) is 7.26. The maximum atomic E-state index is 12.0. The van der Waals surface area contributed by atoms with Crippen molar-refractivity contribution in [2.75, 3.05) is 11.9 Å². The van der Waals surface area contributed by atoms with Gasteiger partial charge in [0.05, 0.1) is 0 Å². The first-order valence-electron chi connectivity index (χ1n) is 7.26. The fourth-order valence-electron chi connectivity index (χ4n) is 1.87. The van der Waals surface area contributed by atoms with E-state index in [1.54, 1.807) is 24.3 Å². The second-order valence-corrected chi connectivity index (χ2v) is 5.52. The number of halogens is 3. The van der Waals surface area contributed by atoms with Gasteiger partial charge in [-0.3, -0.25) is 9.59 Å². The number of alkyl halides is 3. The van der Waals surface area contributed by atoms with Crippen molar-refractivity contribution in [3.8, 4) is 0 Å². The molecule has 1 fully saturated rings. The van der Waals surface area contributed by atoms with Gasteiger partial charge in [0.2, 0.25) is 5.91 Å². The Bertz CT molecular complexity index is 568. The van der Waals surface area contributed by atoms with Crippen LogP contribution in [0.5, 0.6) is 0 Å². The van der Waals surface area contributed by atoms with Gasteiger partial charge < -0.3 is 16.0 Å². The van der Waals surface area contributed by atoms with Crippen LogP contribution in [0.25, 0.3) is 0 Å². The second-order valence-electron chi connectivity index (χ2n) is 5.52. The maximum absolute atomic E-state index is 12.0. The highest BCUT2D eigenvalue weighted by atomic mass is 19.4. The van der Waals surface area contributed by atoms with Crippen molar-refractivity contribution < 1.29 is 22.8 Å². The van der Waals surface area contributed by atoms with Crippen molar-refractivity contribution in [3.05, 3.63) is 29.8 Å². The van der Waals surface area contributed by atoms with Gasteiger partial charge in [0.25, 0.3) is 5.91 Å². The van der Waals surface area contributed by atoms with E-state index in [0.717, 1.165) is 12.8 Å². The number of anilines is 1. The molecule has 5 nitrogen and oxygen atoms in total. The zero-order chi connectivity index (χ0) is 17.0. The molecule has 1 aromatic rings. The van der Waals surface area contributed by atoms with Crippen LogP contribution in [0.4, 0.5) is 18.9 Å². The summed E-state index contributed by atoms with van der Waals surface area (Å²) >= 11 is 0. The Kier molecular flexibility index (Phi) is 5.12. The number of carbonyl (C=O) groups excluding carboxylic acids is 2. The van der Waals surface area contributed by atoms with Crippen molar-refractivity contribution in [1.82, 2.24) is 10.6 Å². The summed E-state index contributed by atoms with van der Waals surface area (Å²) in [4.78, 5) is 23.4. The third kappa shape index (κ3) is 5.80. The third-order valence-corrected chi connectivity index (χ3v) is 3.30. The summed E-state index contributed by atoms with van der Waals surface area (Å²) in [5, 5.41) is 7.45. The Morgan fingerprint density at radius 2 is 1.83 bits per heavy atom. The predicted octanol–water partition coefficient (Wildman–Crippen LogP) is 2.06. The van der Waals surface area contributed by atoms with Gasteiger partial charge in [0, 0.05) is 17.3 Å². The lowest BCUT2D eigenvalue weighted by Crippen LogP contribution is -2.42. The molecule has 0 heterocycles. The molecule has 1 atom stereocenters. The van der Waals surface area contributed by atoms with Gasteiger partial charge in [0.1, 0.15) is 12.6 Å². The molecule has 3 N–H and O–H groups in total. The largest absolute Gasteiger partial charge is 0.405 e. The zero-order valence-corrected chi connectivity index (χ0v) is 12.5. The molecule has 1 aliphatic rings. The predicted molar refractivity (Wildman–Crippen MR) is 79.1 cm³/mol. The lowest BCUT2D eigenvalue weighted by atomic mass is 10.2. The first-order chi connectivity index (χ1) is 10.7. The van der Waals surface area contributed by atoms with Gasteiger partial charge >= 0.3 is 6.18 Å². The van der Waals surface area contributed by atoms with Crippen LogP contribution in [0.3, 0.4) is 0 Å². The lowest BCUT2D eigenvalue weighted by molar-refractivity contribution is -0.138. The molecule has 126 valence electrons. The van der Waals surface area contributed by atoms with Crippen molar-refractivity contribution in [3.63, 3.8) is 0 Å². The number of carbonyl (C=O) groups is 2. The van der Waals surface area contributed by atoms with E-state index in [4.69, 9.17) is 0 Å². The number of hydrogen-bond donors (Lipinski definition) is 3. The third-order valence-electron chi connectivity index (χ3n) is 3.30. The van der Waals surface area contributed by atoms with Gasteiger partial charge in [-0.1, -0.05) is 0 Å². The van der Waals surface area contributed by atoms with Crippen LogP contribution in [0.15, 0.2) is 24.3 Å². The lowest BCUT2D eigenvalue weighted by Gasteiger charge is -2.16. The Hall–Kier alpha value is -2.25. The van der Waals surface area contributed by atoms with Gasteiger partial charge in [-0.15, -0.1) is 0 Å². The molecule has 1 saturated carbocycles. The fourth-order valence-corrected chi connectivity index (χ4v) is 1.87. The summed E-state index contributed by atoms with van der Waals surface area (Å²) in [6.07, 6.45) is -2.45. The van der Waals surface area contributed by atoms with E-state index < -0.39 is 24.7 Å². The average Bonchev–Trinajstić information content (AvgIpc) is 3.28. The SMILES string of the molecule is CC(Nc1ccc(C(=O)NC2CC2)cc1)C(=O)NCC(F)(F)F. The zero-order valence-electron chi connectivity index (χ0n) is 12.5. The summed E-state index contributed by atoms with van der Waals surface area (Å²) in [5.41, 5.74) is 1.04. The van der Waals surface area contributed by atoms with Crippen molar-refractivity contribution >= 4 is 17.5 Å². The number of nitrogens with one attached hydrogen (secondary N) is 3. The minimum atomic E-state index is -4.44. The maximum Gasteiger partial charge on any atom is 0.405 e. The summed E-state index contributed by atoms with van der Waals surface area (Å²) in [6.45, 7) is 0.0948. The summed E-state index contributed by atoms with van der Waals surface area (Å²) in [5.74, 6) is -0.909. The number of rotatable bonds is 6. The van der Waals surface area contributed by atoms with Crippen LogP contribution in [-0.2, 0) is 4.79 Å². The molecule has 0 aromatic heterocycles. The Labute approximate surface area is 131 Å². The number of amides is 2. The molecule has 1 aromatic carbocycles. The van der Waals surface area contributed by atoms with Crippen LogP contribution in [0.1, 0.15) is 30.1 Å². The van der Waals surface area contributed by atoms with E-state index in [0.29, 0.717) is 11.3 Å². The molecule has 8 heteroatoms. The van der Waals surface area contributed by atoms with E-state index in [1.807, 2.05) is 5.32 Å². The van der Waals surface area contributed by atoms with E-state index in [-0.39, 0.29) is 11.9 Å². The molecule has 0 saturated heterocycles. The van der Waals surface area contributed by atoms with Crippen molar-refractivity contribution in [1.29, 1.82) is 0 Å². The molecular weight excluding hydrogens is 311 g/mol. The first kappa shape index (κ1) is 17.1. The number of benzene rings is 1. The molecular formula is C15H18F3N3O2. The standard InChI is InChI=1S/C15H18F3N3O2/c1-9(13(22)19-8-15(16,17)18)20-11-4-2-10(3-5-11)14(23)21-12-6-7-12/h2-5,9,12,20H,6-8H2,1H3,(H,19,22)(H,21,23). The molecule has 0 spiro atoms. The van der Waals surface area contributed by atoms with Crippen LogP contribution in [0, 0.1) is 0 Å². The van der Waals surface area contributed by atoms with E-state index in [1.165, 1.54) is 6.92 Å². The summed E-state index contributed by atoms with van der Waals surface area (Å²) < 4.78 is 36.1. The topological polar surface area (TPSA) is 70.2 Å². The Morgan fingerprint density at radius 1 is 1.22 bits per heavy atom. The van der Waals surface area contributed by atoms with Crippen LogP contribution in [-0.4, -0.2) is 36.6 Å². The van der Waals surface area contributed by atoms with Crippen LogP contribution >= 0.6 is 0 Å². The highest BCUT2D eigenvalue weighted by Crippen LogP contribution is 2.20. The average molecular weight is 329 g/mol. The van der Waals surface area contributed by atoms with Gasteiger partial charge in [-0.2, -0.15) is 13.2 Å². The van der Waals surface area contributed by atoms with Crippen LogP contribution in [0.2, 0.25) is 0 Å². The smallest absolute Gasteiger partial charge is 0.374 e. The van der Waals surface area contributed by atoms with Gasteiger partial charge in [0.15, 0.2) is 0 Å². The summed E-state index contributed by atoms with van der Waals surface area (Å²) in [6, 6.07) is 5.84. The molecule has 23 heavy (non-hydrogen) atoms. The molecule has 2 amide bonds. The van der Waals surface area contributed by atoms with Gasteiger partial charge in [-0.25, -0.2) is 0 Å².